The monoisotopic (exact) mass is 579 g/mol. The van der Waals surface area contributed by atoms with Crippen molar-refractivity contribution in [2.75, 3.05) is 26.5 Å². The molecule has 232 valence electrons. The maximum absolute atomic E-state index is 6.12. The van der Waals surface area contributed by atoms with Gasteiger partial charge < -0.3 is 18.2 Å². The van der Waals surface area contributed by atoms with Crippen LogP contribution in [0.25, 0.3) is 0 Å². The van der Waals surface area contributed by atoms with Crippen molar-refractivity contribution in [1.82, 2.24) is 4.90 Å². The van der Waals surface area contributed by atoms with Crippen molar-refractivity contribution in [1.29, 1.82) is 0 Å². The van der Waals surface area contributed by atoms with Gasteiger partial charge in [0.15, 0.2) is 0 Å². The van der Waals surface area contributed by atoms with E-state index in [0.717, 1.165) is 24.9 Å². The zero-order valence-electron chi connectivity index (χ0n) is 27.4. The maximum atomic E-state index is 6.12. The Balaban J connectivity index is 0. The zero-order valence-corrected chi connectivity index (χ0v) is 29.2. The third-order valence-electron chi connectivity index (χ3n) is 6.32. The van der Waals surface area contributed by atoms with Gasteiger partial charge in [-0.3, -0.25) is 0 Å². The highest BCUT2D eigenvalue weighted by Crippen LogP contribution is 2.23. The third kappa shape index (κ3) is 30.9. The second-order valence-electron chi connectivity index (χ2n) is 12.1. The van der Waals surface area contributed by atoms with Crippen molar-refractivity contribution in [3.05, 3.63) is 0 Å². The lowest BCUT2D eigenvalue weighted by atomic mass is 10.0. The highest BCUT2D eigenvalue weighted by atomic mass is 35.5. The van der Waals surface area contributed by atoms with Crippen LogP contribution in [-0.4, -0.2) is 58.5 Å². The largest absolute Gasteiger partial charge is 0.501 e. The lowest BCUT2D eigenvalue weighted by molar-refractivity contribution is 0.00263. The van der Waals surface area contributed by atoms with Gasteiger partial charge in [-0.1, -0.05) is 103 Å². The van der Waals surface area contributed by atoms with Gasteiger partial charge in [0.1, 0.15) is 0 Å². The Labute approximate surface area is 246 Å². The van der Waals surface area contributed by atoms with Gasteiger partial charge in [-0.15, -0.1) is 11.6 Å². The molecule has 0 bridgehead atoms. The van der Waals surface area contributed by atoms with Gasteiger partial charge >= 0.3 is 8.80 Å². The predicted molar refractivity (Wildman–Crippen MR) is 173 cm³/mol. The molecule has 0 saturated carbocycles. The van der Waals surface area contributed by atoms with Gasteiger partial charge in [-0.25, -0.2) is 0 Å². The summed E-state index contributed by atoms with van der Waals surface area (Å²) in [5.74, 6) is 0.846. The van der Waals surface area contributed by atoms with E-state index in [1.807, 2.05) is 41.5 Å². The first-order valence-electron chi connectivity index (χ1n) is 16.3. The van der Waals surface area contributed by atoms with E-state index in [0.29, 0.717) is 0 Å². The van der Waals surface area contributed by atoms with Gasteiger partial charge in [0.05, 0.1) is 0 Å². The molecule has 0 saturated heterocycles. The summed E-state index contributed by atoms with van der Waals surface area (Å²) in [6.45, 7) is 15.6. The quantitative estimate of drug-likeness (QED) is 0.0579. The zero-order chi connectivity index (χ0) is 29.1. The van der Waals surface area contributed by atoms with E-state index in [2.05, 4.69) is 25.9 Å². The molecular formula is C32H70ClNO3Si. The van der Waals surface area contributed by atoms with Crippen molar-refractivity contribution in [2.24, 2.45) is 0 Å². The molecule has 0 aromatic carbocycles. The molecule has 0 heterocycles. The van der Waals surface area contributed by atoms with Crippen LogP contribution in [0.1, 0.15) is 158 Å². The van der Waals surface area contributed by atoms with Crippen molar-refractivity contribution in [3.63, 3.8) is 0 Å². The average Bonchev–Trinajstić information content (AvgIpc) is 2.80. The van der Waals surface area contributed by atoms with E-state index in [4.69, 9.17) is 24.9 Å². The molecule has 0 amide bonds. The summed E-state index contributed by atoms with van der Waals surface area (Å²) < 4.78 is 18.4. The Morgan fingerprint density at radius 1 is 0.526 bits per heavy atom. The van der Waals surface area contributed by atoms with Crippen LogP contribution in [0.15, 0.2) is 0 Å². The van der Waals surface area contributed by atoms with Crippen molar-refractivity contribution in [3.8, 4) is 0 Å². The van der Waals surface area contributed by atoms with E-state index < -0.39 is 8.80 Å². The number of halogens is 1. The fraction of sp³-hybridized carbons (Fsp3) is 1.00. The van der Waals surface area contributed by atoms with E-state index in [1.54, 1.807) is 0 Å². The van der Waals surface area contributed by atoms with E-state index in [1.165, 1.54) is 103 Å². The number of unbranched alkanes of at least 4 members (excludes halogenated alkanes) is 15. The molecule has 0 aliphatic carbocycles. The van der Waals surface area contributed by atoms with Crippen LogP contribution in [0.5, 0.6) is 0 Å². The summed E-state index contributed by atoms with van der Waals surface area (Å²) in [4.78, 5) is 2.18. The number of rotatable bonds is 26. The molecule has 0 spiro atoms. The van der Waals surface area contributed by atoms with Gasteiger partial charge in [0.2, 0.25) is 0 Å². The van der Waals surface area contributed by atoms with Gasteiger partial charge in [-0.05, 0) is 75.0 Å². The average molecular weight is 580 g/mol. The minimum Gasteiger partial charge on any atom is -0.371 e. The standard InChI is InChI=1S/C18H37Cl.C14H33NO3Si/c1-2-3-4-5-6-7-8-9-10-11-12-13-14-15-16-17-18-19;1-12(2)16-19(17-13(3)4,18-14(5)6)11-9-10-15(7)8/h2-18H2,1H3;12-14H,9-11H2,1-8H3. The molecule has 0 N–H and O–H groups in total. The fourth-order valence-corrected chi connectivity index (χ4v) is 8.05. The number of nitrogens with zero attached hydrogens (tertiary/aromatic N) is 1. The summed E-state index contributed by atoms with van der Waals surface area (Å²) in [7, 11) is 1.59. The summed E-state index contributed by atoms with van der Waals surface area (Å²) in [5.41, 5.74) is 0. The Morgan fingerprint density at radius 3 is 1.11 bits per heavy atom. The molecule has 0 fully saturated rings. The minimum absolute atomic E-state index is 0.128. The molecule has 0 aromatic heterocycles. The predicted octanol–water partition coefficient (Wildman–Crippen LogP) is 10.6. The summed E-state index contributed by atoms with van der Waals surface area (Å²) in [5, 5.41) is 0. The molecule has 38 heavy (non-hydrogen) atoms. The molecule has 0 aliphatic rings. The Morgan fingerprint density at radius 2 is 0.842 bits per heavy atom. The van der Waals surface area contributed by atoms with Crippen LogP contribution in [0, 0.1) is 0 Å². The van der Waals surface area contributed by atoms with Crippen LogP contribution in [-0.2, 0) is 13.3 Å². The topological polar surface area (TPSA) is 30.9 Å². The van der Waals surface area contributed by atoms with Crippen LogP contribution >= 0.6 is 11.6 Å². The Bertz CT molecular complexity index is 421. The minimum atomic E-state index is -2.58. The molecule has 4 nitrogen and oxygen atoms in total. The normalized spacial score (nSPS) is 12.2. The SMILES string of the molecule is CC(C)O[Si](CCCN(C)C)(OC(C)C)OC(C)C.CCCCCCCCCCCCCCCCCCCl. The van der Waals surface area contributed by atoms with Gasteiger partial charge in [0, 0.05) is 30.2 Å². The van der Waals surface area contributed by atoms with Gasteiger partial charge in [0.25, 0.3) is 0 Å². The van der Waals surface area contributed by atoms with Crippen molar-refractivity contribution < 1.29 is 13.3 Å². The van der Waals surface area contributed by atoms with Crippen LogP contribution in [0.2, 0.25) is 6.04 Å². The van der Waals surface area contributed by atoms with E-state index in [-0.39, 0.29) is 18.3 Å². The maximum Gasteiger partial charge on any atom is 0.501 e. The molecule has 6 heteroatoms. The molecule has 0 aromatic rings. The second kappa shape index (κ2) is 28.9. The molecule has 0 unspecified atom stereocenters. The van der Waals surface area contributed by atoms with Gasteiger partial charge in [-0.2, -0.15) is 0 Å². The summed E-state index contributed by atoms with van der Waals surface area (Å²) in [6, 6.07) is 0.875. The Kier molecular flexibility index (Phi) is 30.7. The first-order valence-corrected chi connectivity index (χ1v) is 18.8. The smallest absolute Gasteiger partial charge is 0.371 e. The summed E-state index contributed by atoms with van der Waals surface area (Å²) in [6.07, 6.45) is 24.2. The van der Waals surface area contributed by atoms with Crippen molar-refractivity contribution in [2.45, 2.75) is 182 Å². The molecule has 0 radical (unpaired) electrons. The van der Waals surface area contributed by atoms with Crippen LogP contribution < -0.4 is 0 Å². The van der Waals surface area contributed by atoms with E-state index >= 15 is 0 Å². The Hall–Kier alpha value is 0.347. The number of alkyl halides is 1. The highest BCUT2D eigenvalue weighted by Gasteiger charge is 2.43. The fourth-order valence-electron chi connectivity index (χ4n) is 4.59. The van der Waals surface area contributed by atoms with Crippen LogP contribution in [0.4, 0.5) is 0 Å². The third-order valence-corrected chi connectivity index (χ3v) is 10.0. The molecular weight excluding hydrogens is 510 g/mol. The lowest BCUT2D eigenvalue weighted by Gasteiger charge is -2.34. The lowest BCUT2D eigenvalue weighted by Crippen LogP contribution is -2.50. The second-order valence-corrected chi connectivity index (χ2v) is 15.0. The van der Waals surface area contributed by atoms with Crippen molar-refractivity contribution >= 4 is 20.4 Å². The van der Waals surface area contributed by atoms with Crippen LogP contribution in [0.3, 0.4) is 0 Å². The van der Waals surface area contributed by atoms with E-state index in [9.17, 15) is 0 Å². The highest BCUT2D eigenvalue weighted by molar-refractivity contribution is 6.60. The number of hydrogen-bond donors (Lipinski definition) is 0. The first-order chi connectivity index (χ1) is 18.1. The molecule has 0 atom stereocenters. The summed E-state index contributed by atoms with van der Waals surface area (Å²) >= 11 is 5.66. The number of hydrogen-bond acceptors (Lipinski definition) is 4. The first kappa shape index (κ1) is 40.5. The molecule has 0 aliphatic heterocycles. The molecule has 0 rings (SSSR count).